The Hall–Kier alpha value is -4.23. The lowest BCUT2D eigenvalue weighted by molar-refractivity contribution is -0.133. The monoisotopic (exact) mass is 875 g/mol. The zero-order chi connectivity index (χ0) is 45.7. The van der Waals surface area contributed by atoms with Gasteiger partial charge in [0, 0.05) is 61.5 Å². The Kier molecular flexibility index (Phi) is 16.1. The number of carbonyl (C=O) groups is 4. The maximum Gasteiger partial charge on any atom is 0.270 e. The number of thiocarbonyl (C=S) groups is 1. The van der Waals surface area contributed by atoms with Crippen LogP contribution in [0.15, 0.2) is 24.3 Å². The molecule has 2 aromatic rings. The largest absolute Gasteiger partial charge is 0.476 e. The molecule has 62 heavy (non-hydrogen) atoms. The third-order valence-electron chi connectivity index (χ3n) is 12.8. The standard InChI is InChI=1S/C26H39N3O3S.C23H35N3O3/c1-7-23(33)27-13-14-28-21-16-20(18(4)15-22(21)32-26(5,6)25(28)31)24(30)29(17(2)3)19-11-9-8-10-12-19;1-15(2)26(17-9-7-6-8-10-17)21(27)18-14-19-20(13-16(18)3)29-23(4,5)22(28)25(19)12-11-24/h15-17,19H,7-14H2,1-6H3,(H,27,33);13-15,17H,6-12,24H2,1-5H3. The van der Waals surface area contributed by atoms with Crippen molar-refractivity contribution in [3.8, 4) is 11.5 Å². The summed E-state index contributed by atoms with van der Waals surface area (Å²) in [6.45, 7) is 23.1. The molecule has 0 unspecified atom stereocenters. The lowest BCUT2D eigenvalue weighted by atomic mass is 9.92. The van der Waals surface area contributed by atoms with E-state index in [2.05, 4.69) is 37.9 Å². The summed E-state index contributed by atoms with van der Waals surface area (Å²) in [4.78, 5) is 61.8. The van der Waals surface area contributed by atoms with E-state index in [9.17, 15) is 19.2 Å². The van der Waals surface area contributed by atoms with Gasteiger partial charge in [-0.1, -0.05) is 57.7 Å². The molecule has 3 N–H and O–H groups in total. The lowest BCUT2D eigenvalue weighted by Crippen LogP contribution is -2.54. The number of benzene rings is 2. The first-order valence-corrected chi connectivity index (χ1v) is 23.6. The van der Waals surface area contributed by atoms with E-state index in [1.807, 2.05) is 49.9 Å². The molecule has 2 fully saturated rings. The number of rotatable bonds is 12. The summed E-state index contributed by atoms with van der Waals surface area (Å²) in [7, 11) is 0. The Morgan fingerprint density at radius 1 is 0.726 bits per heavy atom. The van der Waals surface area contributed by atoms with Crippen molar-refractivity contribution in [2.24, 2.45) is 5.73 Å². The number of amides is 4. The van der Waals surface area contributed by atoms with E-state index >= 15 is 0 Å². The van der Waals surface area contributed by atoms with E-state index < -0.39 is 11.2 Å². The summed E-state index contributed by atoms with van der Waals surface area (Å²) in [5.41, 5.74) is 8.17. The van der Waals surface area contributed by atoms with Crippen LogP contribution in [-0.4, -0.2) is 100.0 Å². The van der Waals surface area contributed by atoms with Gasteiger partial charge in [0.2, 0.25) is 0 Å². The van der Waals surface area contributed by atoms with Crippen LogP contribution in [0.25, 0.3) is 0 Å². The summed E-state index contributed by atoms with van der Waals surface area (Å²) >= 11 is 5.27. The van der Waals surface area contributed by atoms with Gasteiger partial charge < -0.3 is 40.1 Å². The molecule has 13 heteroatoms. The van der Waals surface area contributed by atoms with E-state index in [1.165, 1.54) is 38.5 Å². The van der Waals surface area contributed by atoms with Crippen molar-refractivity contribution in [2.75, 3.05) is 36.0 Å². The first-order valence-electron chi connectivity index (χ1n) is 23.2. The zero-order valence-electron chi connectivity index (χ0n) is 39.4. The van der Waals surface area contributed by atoms with Crippen LogP contribution in [0.2, 0.25) is 0 Å². The molecule has 2 aliphatic carbocycles. The van der Waals surface area contributed by atoms with E-state index in [4.69, 9.17) is 27.4 Å². The topological polar surface area (TPSA) is 138 Å². The Labute approximate surface area is 376 Å². The molecule has 0 spiro atoms. The molecule has 12 nitrogen and oxygen atoms in total. The molecule has 2 aliphatic heterocycles. The number of nitrogens with one attached hydrogen (secondary N) is 1. The Morgan fingerprint density at radius 2 is 1.11 bits per heavy atom. The molecule has 0 saturated heterocycles. The number of nitrogens with two attached hydrogens (primary N) is 1. The van der Waals surface area contributed by atoms with Gasteiger partial charge >= 0.3 is 0 Å². The number of fused-ring (bicyclic) bond motifs is 2. The number of hydrogen-bond acceptors (Lipinski definition) is 8. The van der Waals surface area contributed by atoms with Crippen molar-refractivity contribution in [1.82, 2.24) is 15.1 Å². The van der Waals surface area contributed by atoms with Crippen LogP contribution in [-0.2, 0) is 9.59 Å². The number of aryl methyl sites for hydroxylation is 2. The molecule has 4 aliphatic rings. The van der Waals surface area contributed by atoms with Gasteiger partial charge in [-0.25, -0.2) is 0 Å². The van der Waals surface area contributed by atoms with Crippen molar-refractivity contribution in [1.29, 1.82) is 0 Å². The first-order chi connectivity index (χ1) is 29.2. The summed E-state index contributed by atoms with van der Waals surface area (Å²) in [6.07, 6.45) is 12.2. The summed E-state index contributed by atoms with van der Waals surface area (Å²) in [5.74, 6) is 1.10. The van der Waals surface area contributed by atoms with Gasteiger partial charge in [0.05, 0.1) is 16.4 Å². The molecule has 4 amide bonds. The predicted octanol–water partition coefficient (Wildman–Crippen LogP) is 8.65. The van der Waals surface area contributed by atoms with Crippen molar-refractivity contribution in [3.63, 3.8) is 0 Å². The second-order valence-electron chi connectivity index (χ2n) is 19.1. The van der Waals surface area contributed by atoms with Gasteiger partial charge in [-0.3, -0.25) is 19.2 Å². The fraction of sp³-hybridized carbons (Fsp3) is 0.653. The Morgan fingerprint density at radius 3 is 1.47 bits per heavy atom. The minimum atomic E-state index is -0.970. The lowest BCUT2D eigenvalue weighted by Gasteiger charge is -2.40. The number of carbonyl (C=O) groups excluding carboxylic acids is 4. The van der Waals surface area contributed by atoms with Gasteiger partial charge in [-0.05, 0) is 137 Å². The second kappa shape index (κ2) is 20.5. The van der Waals surface area contributed by atoms with Gasteiger partial charge in [0.25, 0.3) is 23.6 Å². The van der Waals surface area contributed by atoms with Crippen LogP contribution in [0.3, 0.4) is 0 Å². The van der Waals surface area contributed by atoms with Crippen LogP contribution >= 0.6 is 12.2 Å². The fourth-order valence-electron chi connectivity index (χ4n) is 9.54. The molecular formula is C49H74N6O6S. The Bertz CT molecular complexity index is 1970. The number of hydrogen-bond donors (Lipinski definition) is 2. The third-order valence-corrected chi connectivity index (χ3v) is 13.2. The third kappa shape index (κ3) is 10.7. The van der Waals surface area contributed by atoms with Crippen LogP contribution in [0.1, 0.15) is 165 Å². The molecule has 0 atom stereocenters. The summed E-state index contributed by atoms with van der Waals surface area (Å²) < 4.78 is 12.1. The Balaban J connectivity index is 0.000000236. The molecular weight excluding hydrogens is 801 g/mol. The molecule has 2 heterocycles. The minimum Gasteiger partial charge on any atom is -0.476 e. The molecule has 342 valence electrons. The highest BCUT2D eigenvalue weighted by molar-refractivity contribution is 7.80. The van der Waals surface area contributed by atoms with Gasteiger partial charge in [-0.15, -0.1) is 0 Å². The SMILES string of the molecule is CCC(=S)NCCN1C(=O)C(C)(C)Oc2cc(C)c(C(=O)N(C(C)C)C3CCCCC3)cc21.Cc1cc2c(cc1C(=O)N(C(C)C)C1CCCCC1)N(CCN)C(=O)C(C)(C)O2. The second-order valence-corrected chi connectivity index (χ2v) is 19.6. The van der Waals surface area contributed by atoms with Gasteiger partial charge in [-0.2, -0.15) is 0 Å². The number of anilines is 2. The van der Waals surface area contributed by atoms with Crippen molar-refractivity contribution in [3.05, 3.63) is 46.5 Å². The van der Waals surface area contributed by atoms with Crippen LogP contribution in [0.4, 0.5) is 11.4 Å². The maximum atomic E-state index is 13.8. The van der Waals surface area contributed by atoms with E-state index in [-0.39, 0.29) is 47.8 Å². The minimum absolute atomic E-state index is 0.0391. The van der Waals surface area contributed by atoms with Gasteiger partial charge in [0.15, 0.2) is 11.2 Å². The molecule has 2 aromatic carbocycles. The number of nitrogens with zero attached hydrogens (tertiary/aromatic N) is 4. The molecule has 6 rings (SSSR count). The molecule has 0 bridgehead atoms. The van der Waals surface area contributed by atoms with E-state index in [0.717, 1.165) is 48.2 Å². The quantitative estimate of drug-likeness (QED) is 0.201. The van der Waals surface area contributed by atoms with Crippen LogP contribution in [0.5, 0.6) is 11.5 Å². The average Bonchev–Trinajstić information content (AvgIpc) is 3.21. The smallest absolute Gasteiger partial charge is 0.270 e. The van der Waals surface area contributed by atoms with Gasteiger partial charge in [0.1, 0.15) is 11.5 Å². The summed E-state index contributed by atoms with van der Waals surface area (Å²) in [6, 6.07) is 8.27. The summed E-state index contributed by atoms with van der Waals surface area (Å²) in [5, 5.41) is 3.20. The highest BCUT2D eigenvalue weighted by Crippen LogP contribution is 2.42. The van der Waals surface area contributed by atoms with Crippen molar-refractivity contribution in [2.45, 2.75) is 182 Å². The van der Waals surface area contributed by atoms with Crippen LogP contribution < -0.4 is 30.3 Å². The maximum absolute atomic E-state index is 13.8. The zero-order valence-corrected chi connectivity index (χ0v) is 40.3. The fourth-order valence-corrected chi connectivity index (χ4v) is 9.64. The highest BCUT2D eigenvalue weighted by atomic mass is 32.1. The average molecular weight is 875 g/mol. The van der Waals surface area contributed by atoms with Crippen molar-refractivity contribution >= 4 is 52.2 Å². The number of ether oxygens (including phenoxy) is 2. The van der Waals surface area contributed by atoms with Crippen LogP contribution in [0, 0.1) is 13.8 Å². The molecule has 0 aromatic heterocycles. The van der Waals surface area contributed by atoms with E-state index in [0.29, 0.717) is 60.2 Å². The normalized spacial score (nSPS) is 18.5. The first kappa shape index (κ1) is 48.8. The predicted molar refractivity (Wildman–Crippen MR) is 253 cm³/mol. The highest BCUT2D eigenvalue weighted by Gasteiger charge is 2.43. The molecule has 2 saturated carbocycles. The van der Waals surface area contributed by atoms with E-state index in [1.54, 1.807) is 37.5 Å². The van der Waals surface area contributed by atoms with Crippen molar-refractivity contribution < 1.29 is 28.7 Å². The molecule has 0 radical (unpaired) electrons.